The number of hydrogen-bond donors (Lipinski definition) is 2. The number of fused-ring (bicyclic) bond motifs is 1. The van der Waals surface area contributed by atoms with Gasteiger partial charge in [-0.3, -0.25) is 4.79 Å². The summed E-state index contributed by atoms with van der Waals surface area (Å²) in [6, 6.07) is 13.3. The molecular weight excluding hydrogens is 399 g/mol. The molecule has 0 aliphatic heterocycles. The van der Waals surface area contributed by atoms with Crippen molar-refractivity contribution < 1.29 is 23.1 Å². The standard InChI is InChI=1S/C21H14ClFN2O4/c22-13-4-6-17(23)18(9-13)25-21-16(20(27)24-11-15-2-1-7-28-15)8-12-3-5-14(26)10-19(12)29-21/h1-10,26H,11H2,(H,24,27). The molecule has 2 aromatic carbocycles. The Morgan fingerprint density at radius 1 is 1.17 bits per heavy atom. The normalized spacial score (nSPS) is 11.7. The van der Waals surface area contributed by atoms with Crippen LogP contribution in [0.15, 0.2) is 74.7 Å². The van der Waals surface area contributed by atoms with Crippen LogP contribution in [0.4, 0.5) is 10.1 Å². The van der Waals surface area contributed by atoms with E-state index in [2.05, 4.69) is 10.3 Å². The third-order valence-electron chi connectivity index (χ3n) is 4.11. The fourth-order valence-electron chi connectivity index (χ4n) is 2.71. The summed E-state index contributed by atoms with van der Waals surface area (Å²) >= 11 is 5.93. The lowest BCUT2D eigenvalue weighted by atomic mass is 10.1. The van der Waals surface area contributed by atoms with E-state index in [0.717, 1.165) is 0 Å². The smallest absolute Gasteiger partial charge is 0.257 e. The Morgan fingerprint density at radius 3 is 2.83 bits per heavy atom. The first-order chi connectivity index (χ1) is 14.0. The van der Waals surface area contributed by atoms with Gasteiger partial charge in [0, 0.05) is 16.5 Å². The second kappa shape index (κ2) is 7.81. The second-order valence-corrected chi connectivity index (χ2v) is 6.59. The molecule has 1 amide bonds. The van der Waals surface area contributed by atoms with Gasteiger partial charge in [-0.25, -0.2) is 9.38 Å². The lowest BCUT2D eigenvalue weighted by molar-refractivity contribution is 0.0944. The molecule has 0 saturated carbocycles. The number of furan rings is 1. The van der Waals surface area contributed by atoms with Crippen molar-refractivity contribution in [3.8, 4) is 5.75 Å². The van der Waals surface area contributed by atoms with Crippen molar-refractivity contribution in [2.45, 2.75) is 6.54 Å². The number of halogens is 2. The lowest BCUT2D eigenvalue weighted by Crippen LogP contribution is -2.28. The van der Waals surface area contributed by atoms with Gasteiger partial charge in [-0.05, 0) is 48.5 Å². The maximum absolute atomic E-state index is 14.2. The number of carbonyl (C=O) groups excluding carboxylic acids is 1. The first-order valence-corrected chi connectivity index (χ1v) is 8.94. The quantitative estimate of drug-likeness (QED) is 0.509. The average molecular weight is 413 g/mol. The zero-order valence-electron chi connectivity index (χ0n) is 14.9. The Morgan fingerprint density at radius 2 is 2.03 bits per heavy atom. The van der Waals surface area contributed by atoms with Crippen LogP contribution in [0.25, 0.3) is 11.0 Å². The summed E-state index contributed by atoms with van der Waals surface area (Å²) in [7, 11) is 0. The van der Waals surface area contributed by atoms with E-state index >= 15 is 0 Å². The highest BCUT2D eigenvalue weighted by Gasteiger charge is 2.14. The van der Waals surface area contributed by atoms with Crippen LogP contribution in [-0.4, -0.2) is 11.0 Å². The van der Waals surface area contributed by atoms with Gasteiger partial charge in [0.1, 0.15) is 34.2 Å². The molecule has 0 radical (unpaired) electrons. The Bertz CT molecular complexity index is 1270. The molecule has 146 valence electrons. The number of hydrogen-bond acceptors (Lipinski definition) is 5. The van der Waals surface area contributed by atoms with Gasteiger partial charge < -0.3 is 19.3 Å². The van der Waals surface area contributed by atoms with Crippen molar-refractivity contribution in [1.82, 2.24) is 5.32 Å². The lowest BCUT2D eigenvalue weighted by Gasteiger charge is -2.06. The summed E-state index contributed by atoms with van der Waals surface area (Å²) in [4.78, 5) is 16.9. The SMILES string of the molecule is O=C(NCc1ccco1)c1cc2ccc(O)cc2oc1=Nc1cc(Cl)ccc1F. The number of rotatable bonds is 4. The zero-order valence-corrected chi connectivity index (χ0v) is 15.6. The number of carbonyl (C=O) groups is 1. The number of nitrogens with zero attached hydrogens (tertiary/aromatic N) is 1. The molecule has 0 saturated heterocycles. The molecule has 0 aliphatic rings. The average Bonchev–Trinajstić information content (AvgIpc) is 3.22. The van der Waals surface area contributed by atoms with Gasteiger partial charge >= 0.3 is 0 Å². The molecule has 2 N–H and O–H groups in total. The number of amides is 1. The molecule has 4 rings (SSSR count). The van der Waals surface area contributed by atoms with Crippen molar-refractivity contribution in [2.75, 3.05) is 0 Å². The van der Waals surface area contributed by atoms with E-state index in [1.165, 1.54) is 36.6 Å². The number of phenols is 1. The van der Waals surface area contributed by atoms with Gasteiger partial charge in [0.05, 0.1) is 12.8 Å². The highest BCUT2D eigenvalue weighted by molar-refractivity contribution is 6.30. The van der Waals surface area contributed by atoms with Crippen LogP contribution in [0.5, 0.6) is 5.75 Å². The van der Waals surface area contributed by atoms with Crippen LogP contribution >= 0.6 is 11.6 Å². The molecule has 0 spiro atoms. The van der Waals surface area contributed by atoms with Gasteiger partial charge in [-0.2, -0.15) is 0 Å². The first kappa shape index (κ1) is 18.8. The van der Waals surface area contributed by atoms with Crippen LogP contribution < -0.4 is 10.9 Å². The summed E-state index contributed by atoms with van der Waals surface area (Å²) in [6.07, 6.45) is 1.50. The highest BCUT2D eigenvalue weighted by Crippen LogP contribution is 2.23. The van der Waals surface area contributed by atoms with E-state index in [4.69, 9.17) is 20.4 Å². The molecule has 6 nitrogen and oxygen atoms in total. The van der Waals surface area contributed by atoms with Gasteiger partial charge in [0.15, 0.2) is 0 Å². The Kier molecular flexibility index (Phi) is 5.05. The van der Waals surface area contributed by atoms with E-state index in [1.807, 2.05) is 0 Å². The predicted octanol–water partition coefficient (Wildman–Crippen LogP) is 4.69. The van der Waals surface area contributed by atoms with E-state index in [1.54, 1.807) is 24.3 Å². The Balaban J connectivity index is 1.83. The minimum absolute atomic E-state index is 0.0174. The van der Waals surface area contributed by atoms with Crippen LogP contribution in [-0.2, 0) is 6.54 Å². The molecule has 0 fully saturated rings. The molecule has 0 unspecified atom stereocenters. The fourth-order valence-corrected chi connectivity index (χ4v) is 2.88. The van der Waals surface area contributed by atoms with Crippen molar-refractivity contribution >= 4 is 34.2 Å². The number of nitrogens with one attached hydrogen (secondary N) is 1. The number of aromatic hydroxyl groups is 1. The molecule has 2 aromatic heterocycles. The molecule has 8 heteroatoms. The predicted molar refractivity (Wildman–Crippen MR) is 104 cm³/mol. The molecule has 29 heavy (non-hydrogen) atoms. The Hall–Kier alpha value is -3.58. The van der Waals surface area contributed by atoms with Crippen molar-refractivity contribution in [3.05, 3.63) is 88.6 Å². The van der Waals surface area contributed by atoms with Gasteiger partial charge in [0.2, 0.25) is 5.55 Å². The third-order valence-corrected chi connectivity index (χ3v) is 4.35. The second-order valence-electron chi connectivity index (χ2n) is 6.16. The van der Waals surface area contributed by atoms with Crippen molar-refractivity contribution in [2.24, 2.45) is 4.99 Å². The summed E-state index contributed by atoms with van der Waals surface area (Å²) in [5, 5.41) is 13.3. The Labute approximate surface area is 168 Å². The minimum Gasteiger partial charge on any atom is -0.508 e. The van der Waals surface area contributed by atoms with E-state index < -0.39 is 11.7 Å². The minimum atomic E-state index is -0.623. The summed E-state index contributed by atoms with van der Waals surface area (Å²) in [6.45, 7) is 0.157. The molecule has 0 atom stereocenters. The van der Waals surface area contributed by atoms with Crippen molar-refractivity contribution in [1.29, 1.82) is 0 Å². The monoisotopic (exact) mass is 412 g/mol. The fraction of sp³-hybridized carbons (Fsp3) is 0.0476. The zero-order chi connectivity index (χ0) is 20.4. The maximum Gasteiger partial charge on any atom is 0.257 e. The summed E-state index contributed by atoms with van der Waals surface area (Å²) in [5.41, 5.74) is 0.171. The van der Waals surface area contributed by atoms with Crippen LogP contribution in [0, 0.1) is 5.82 Å². The summed E-state index contributed by atoms with van der Waals surface area (Å²) in [5.74, 6) is -0.555. The van der Waals surface area contributed by atoms with E-state index in [9.17, 15) is 14.3 Å². The number of benzene rings is 2. The van der Waals surface area contributed by atoms with E-state index in [0.29, 0.717) is 11.1 Å². The van der Waals surface area contributed by atoms with Gasteiger partial charge in [-0.15, -0.1) is 0 Å². The molecule has 2 heterocycles. The molecule has 0 bridgehead atoms. The topological polar surface area (TPSA) is 88.0 Å². The largest absolute Gasteiger partial charge is 0.508 e. The van der Waals surface area contributed by atoms with E-state index in [-0.39, 0.29) is 39.7 Å². The van der Waals surface area contributed by atoms with Crippen molar-refractivity contribution in [3.63, 3.8) is 0 Å². The summed E-state index contributed by atoms with van der Waals surface area (Å²) < 4.78 is 25.1. The number of phenolic OH excluding ortho intramolecular Hbond substituents is 1. The van der Waals surface area contributed by atoms with Gasteiger partial charge in [-0.1, -0.05) is 11.6 Å². The molecular formula is C21H14ClFN2O4. The molecule has 0 aliphatic carbocycles. The van der Waals surface area contributed by atoms with Gasteiger partial charge in [0.25, 0.3) is 5.91 Å². The third kappa shape index (κ3) is 4.14. The van der Waals surface area contributed by atoms with Crippen LogP contribution in [0.3, 0.4) is 0 Å². The van der Waals surface area contributed by atoms with Crippen LogP contribution in [0.2, 0.25) is 5.02 Å². The first-order valence-electron chi connectivity index (χ1n) is 8.57. The highest BCUT2D eigenvalue weighted by atomic mass is 35.5. The van der Waals surface area contributed by atoms with Crippen LogP contribution in [0.1, 0.15) is 16.1 Å². The maximum atomic E-state index is 14.2. The molecule has 4 aromatic rings.